The molecule has 2 aromatic heterocycles. The molecule has 0 radical (unpaired) electrons. The molecule has 0 amide bonds. The van der Waals surface area contributed by atoms with E-state index in [1.54, 1.807) is 18.5 Å². The van der Waals surface area contributed by atoms with Crippen LogP contribution in [0.2, 0.25) is 0 Å². The molecule has 0 fully saturated rings. The van der Waals surface area contributed by atoms with E-state index in [1.165, 1.54) is 4.40 Å². The van der Waals surface area contributed by atoms with Crippen molar-refractivity contribution in [2.75, 3.05) is 11.9 Å². The summed E-state index contributed by atoms with van der Waals surface area (Å²) in [4.78, 5) is 16.4. The van der Waals surface area contributed by atoms with Gasteiger partial charge in [0.2, 0.25) is 0 Å². The van der Waals surface area contributed by atoms with Crippen LogP contribution in [0.3, 0.4) is 0 Å². The summed E-state index contributed by atoms with van der Waals surface area (Å²) in [5.41, 5.74) is 1.41. The molecule has 0 aliphatic rings. The third-order valence-electron chi connectivity index (χ3n) is 3.06. The Labute approximate surface area is 111 Å². The largest absolute Gasteiger partial charge is 0.503 e. The van der Waals surface area contributed by atoms with Gasteiger partial charge >= 0.3 is 0 Å². The summed E-state index contributed by atoms with van der Waals surface area (Å²) in [6.07, 6.45) is 4.15. The van der Waals surface area contributed by atoms with Crippen LogP contribution in [0.5, 0.6) is 5.75 Å². The molecule has 0 bridgehead atoms. The fourth-order valence-corrected chi connectivity index (χ4v) is 1.94. The first-order valence-corrected chi connectivity index (χ1v) is 6.53. The van der Waals surface area contributed by atoms with Crippen LogP contribution in [0, 0.1) is 0 Å². The quantitative estimate of drug-likeness (QED) is 0.886. The smallest absolute Gasteiger partial charge is 0.261 e. The van der Waals surface area contributed by atoms with Gasteiger partial charge in [0.05, 0.1) is 5.69 Å². The molecule has 0 saturated heterocycles. The van der Waals surface area contributed by atoms with Crippen molar-refractivity contribution in [3.8, 4) is 5.75 Å². The molecule has 0 aromatic carbocycles. The van der Waals surface area contributed by atoms with Crippen LogP contribution in [0.15, 0.2) is 23.3 Å². The van der Waals surface area contributed by atoms with E-state index in [-0.39, 0.29) is 22.9 Å². The van der Waals surface area contributed by atoms with Crippen molar-refractivity contribution >= 4 is 11.3 Å². The van der Waals surface area contributed by atoms with Gasteiger partial charge in [-0.15, -0.1) is 0 Å². The first-order chi connectivity index (χ1) is 9.06. The normalized spacial score (nSPS) is 11.2. The highest BCUT2D eigenvalue weighted by atomic mass is 16.3. The summed E-state index contributed by atoms with van der Waals surface area (Å²) in [6, 6.07) is 1.70. The van der Waals surface area contributed by atoms with Gasteiger partial charge in [-0.25, -0.2) is 4.98 Å². The molecule has 102 valence electrons. The van der Waals surface area contributed by atoms with E-state index >= 15 is 0 Å². The van der Waals surface area contributed by atoms with E-state index in [0.717, 1.165) is 13.0 Å². The van der Waals surface area contributed by atoms with E-state index in [4.69, 9.17) is 0 Å². The average Bonchev–Trinajstić information content (AvgIpc) is 2.38. The van der Waals surface area contributed by atoms with Crippen LogP contribution >= 0.6 is 0 Å². The maximum Gasteiger partial charge on any atom is 0.261 e. The van der Waals surface area contributed by atoms with Crippen molar-refractivity contribution in [2.45, 2.75) is 33.1 Å². The first kappa shape index (κ1) is 13.4. The number of rotatable bonds is 4. The molecule has 0 saturated carbocycles. The molecular formula is C14H19N3O2. The Bertz CT molecular complexity index is 647. The predicted molar refractivity (Wildman–Crippen MR) is 76.0 cm³/mol. The monoisotopic (exact) mass is 261 g/mol. The number of aromatic hydroxyl groups is 1. The molecule has 5 nitrogen and oxygen atoms in total. The second kappa shape index (κ2) is 5.30. The highest BCUT2D eigenvalue weighted by Crippen LogP contribution is 2.26. The topological polar surface area (TPSA) is 66.6 Å². The molecule has 19 heavy (non-hydrogen) atoms. The molecule has 0 aliphatic carbocycles. The van der Waals surface area contributed by atoms with E-state index in [1.807, 2.05) is 20.8 Å². The van der Waals surface area contributed by atoms with Crippen molar-refractivity contribution in [3.63, 3.8) is 0 Å². The number of aromatic nitrogens is 2. The fraction of sp³-hybridized carbons (Fsp3) is 0.429. The van der Waals surface area contributed by atoms with Crippen LogP contribution in [0.1, 0.15) is 38.7 Å². The van der Waals surface area contributed by atoms with Crippen LogP contribution in [-0.2, 0) is 0 Å². The van der Waals surface area contributed by atoms with Gasteiger partial charge in [-0.3, -0.25) is 9.20 Å². The van der Waals surface area contributed by atoms with E-state index in [0.29, 0.717) is 11.3 Å². The average molecular weight is 261 g/mol. The molecule has 0 aliphatic heterocycles. The zero-order valence-corrected chi connectivity index (χ0v) is 11.5. The third-order valence-corrected chi connectivity index (χ3v) is 3.06. The minimum absolute atomic E-state index is 0.0170. The van der Waals surface area contributed by atoms with Gasteiger partial charge in [0.1, 0.15) is 0 Å². The Morgan fingerprint density at radius 3 is 2.84 bits per heavy atom. The fourth-order valence-electron chi connectivity index (χ4n) is 1.94. The van der Waals surface area contributed by atoms with Crippen LogP contribution < -0.4 is 10.9 Å². The van der Waals surface area contributed by atoms with Crippen molar-refractivity contribution in [1.82, 2.24) is 9.38 Å². The third kappa shape index (κ3) is 2.41. The Balaban J connectivity index is 2.59. The van der Waals surface area contributed by atoms with Crippen LogP contribution in [-0.4, -0.2) is 21.0 Å². The number of anilines is 1. The summed E-state index contributed by atoms with van der Waals surface area (Å²) in [7, 11) is 0. The number of hydrogen-bond donors (Lipinski definition) is 2. The lowest BCUT2D eigenvalue weighted by Crippen LogP contribution is -2.20. The van der Waals surface area contributed by atoms with Crippen molar-refractivity contribution in [1.29, 1.82) is 0 Å². The first-order valence-electron chi connectivity index (χ1n) is 6.53. The standard InChI is InChI=1S/C14H19N3O2/c1-4-6-15-11-5-7-17-13(12(11)18)16-8-10(9(2)3)14(17)19/h5,7-9,15,18H,4,6H2,1-3H3. The second-order valence-electron chi connectivity index (χ2n) is 4.87. The summed E-state index contributed by atoms with van der Waals surface area (Å²) in [6.45, 7) is 6.70. The summed E-state index contributed by atoms with van der Waals surface area (Å²) < 4.78 is 1.39. The van der Waals surface area contributed by atoms with Gasteiger partial charge in [0.25, 0.3) is 5.56 Å². The maximum atomic E-state index is 12.2. The second-order valence-corrected chi connectivity index (χ2v) is 4.87. The number of fused-ring (bicyclic) bond motifs is 1. The molecule has 0 spiro atoms. The zero-order valence-electron chi connectivity index (χ0n) is 11.5. The lowest BCUT2D eigenvalue weighted by Gasteiger charge is -2.11. The van der Waals surface area contributed by atoms with Crippen molar-refractivity contribution in [3.05, 3.63) is 34.4 Å². The molecule has 5 heteroatoms. The summed E-state index contributed by atoms with van der Waals surface area (Å²) >= 11 is 0. The molecule has 2 heterocycles. The number of nitrogens with one attached hydrogen (secondary N) is 1. The number of pyridine rings is 1. The minimum atomic E-state index is -0.127. The Morgan fingerprint density at radius 1 is 1.47 bits per heavy atom. The van der Waals surface area contributed by atoms with Gasteiger partial charge < -0.3 is 10.4 Å². The van der Waals surface area contributed by atoms with E-state index in [2.05, 4.69) is 10.3 Å². The predicted octanol–water partition coefficient (Wildman–Crippen LogP) is 2.35. The molecule has 2 rings (SSSR count). The molecule has 0 atom stereocenters. The SMILES string of the molecule is CCCNc1ccn2c(=O)c(C(C)C)cnc2c1O. The molecule has 2 N–H and O–H groups in total. The van der Waals surface area contributed by atoms with Gasteiger partial charge in [-0.2, -0.15) is 0 Å². The zero-order chi connectivity index (χ0) is 14.0. The Hall–Kier alpha value is -2.04. The molecular weight excluding hydrogens is 242 g/mol. The van der Waals surface area contributed by atoms with E-state index < -0.39 is 0 Å². The van der Waals surface area contributed by atoms with Gasteiger partial charge in [-0.05, 0) is 18.4 Å². The van der Waals surface area contributed by atoms with Gasteiger partial charge in [-0.1, -0.05) is 20.8 Å². The highest BCUT2D eigenvalue weighted by Gasteiger charge is 2.12. The lowest BCUT2D eigenvalue weighted by molar-refractivity contribution is 0.478. The minimum Gasteiger partial charge on any atom is -0.503 e. The van der Waals surface area contributed by atoms with E-state index in [9.17, 15) is 9.90 Å². The van der Waals surface area contributed by atoms with Crippen LogP contribution in [0.25, 0.3) is 5.65 Å². The summed E-state index contributed by atoms with van der Waals surface area (Å²) in [5, 5.41) is 13.3. The highest BCUT2D eigenvalue weighted by molar-refractivity contribution is 5.68. The summed E-state index contributed by atoms with van der Waals surface area (Å²) in [5.74, 6) is 0.125. The number of hydrogen-bond acceptors (Lipinski definition) is 4. The van der Waals surface area contributed by atoms with Gasteiger partial charge in [0.15, 0.2) is 11.4 Å². The molecule has 0 unspecified atom stereocenters. The lowest BCUT2D eigenvalue weighted by atomic mass is 10.1. The van der Waals surface area contributed by atoms with Crippen molar-refractivity contribution < 1.29 is 5.11 Å². The molecule has 2 aromatic rings. The number of nitrogens with zero attached hydrogens (tertiary/aromatic N) is 2. The Morgan fingerprint density at radius 2 is 2.21 bits per heavy atom. The van der Waals surface area contributed by atoms with Crippen LogP contribution in [0.4, 0.5) is 5.69 Å². The Kier molecular flexibility index (Phi) is 3.74. The van der Waals surface area contributed by atoms with Crippen molar-refractivity contribution in [2.24, 2.45) is 0 Å². The van der Waals surface area contributed by atoms with Gasteiger partial charge in [0, 0.05) is 24.5 Å². The maximum absolute atomic E-state index is 12.2.